The van der Waals surface area contributed by atoms with Crippen LogP contribution in [0.15, 0.2) is 12.3 Å². The van der Waals surface area contributed by atoms with E-state index < -0.39 is 0 Å². The van der Waals surface area contributed by atoms with E-state index in [2.05, 4.69) is 15.8 Å². The summed E-state index contributed by atoms with van der Waals surface area (Å²) in [6.45, 7) is 1.82. The molecule has 3 nitrogen and oxygen atoms in total. The van der Waals surface area contributed by atoms with Crippen molar-refractivity contribution in [3.63, 3.8) is 0 Å². The number of hydrogen-bond acceptors (Lipinski definition) is 2. The standard InChI is InChI=1S/C8H13N3/c9-6-7-2-1-5-11-8(7)3-4-10-11/h3-4,7H,1-2,5-6,9H2. The Morgan fingerprint density at radius 2 is 2.64 bits per heavy atom. The third-order valence-corrected chi connectivity index (χ3v) is 2.37. The molecule has 11 heavy (non-hydrogen) atoms. The van der Waals surface area contributed by atoms with E-state index in [1.54, 1.807) is 0 Å². The Morgan fingerprint density at radius 1 is 1.73 bits per heavy atom. The molecule has 0 spiro atoms. The minimum Gasteiger partial charge on any atom is -0.330 e. The lowest BCUT2D eigenvalue weighted by atomic mass is 9.97. The van der Waals surface area contributed by atoms with Crippen molar-refractivity contribution in [3.8, 4) is 0 Å². The van der Waals surface area contributed by atoms with Crippen LogP contribution in [-0.2, 0) is 6.54 Å². The number of rotatable bonds is 1. The number of fused-ring (bicyclic) bond motifs is 1. The highest BCUT2D eigenvalue weighted by molar-refractivity contribution is 5.10. The fourth-order valence-corrected chi connectivity index (χ4v) is 1.75. The van der Waals surface area contributed by atoms with Crippen LogP contribution < -0.4 is 5.73 Å². The topological polar surface area (TPSA) is 43.8 Å². The lowest BCUT2D eigenvalue weighted by Gasteiger charge is -2.21. The number of hydrogen-bond donors (Lipinski definition) is 1. The first-order valence-electron chi connectivity index (χ1n) is 4.13. The van der Waals surface area contributed by atoms with Crippen molar-refractivity contribution in [1.82, 2.24) is 9.78 Å². The van der Waals surface area contributed by atoms with Crippen LogP contribution in [0.1, 0.15) is 24.5 Å². The van der Waals surface area contributed by atoms with Crippen LogP contribution in [0.2, 0.25) is 0 Å². The average Bonchev–Trinajstić information content (AvgIpc) is 2.50. The molecule has 0 saturated heterocycles. The van der Waals surface area contributed by atoms with Gasteiger partial charge < -0.3 is 5.73 Å². The zero-order valence-corrected chi connectivity index (χ0v) is 6.53. The predicted octanol–water partition coefficient (Wildman–Crippen LogP) is 0.719. The van der Waals surface area contributed by atoms with E-state index in [0.717, 1.165) is 13.1 Å². The zero-order chi connectivity index (χ0) is 7.68. The molecular weight excluding hydrogens is 138 g/mol. The Hall–Kier alpha value is -0.830. The monoisotopic (exact) mass is 151 g/mol. The second-order valence-electron chi connectivity index (χ2n) is 3.05. The van der Waals surface area contributed by atoms with Gasteiger partial charge in [-0.1, -0.05) is 0 Å². The van der Waals surface area contributed by atoms with Crippen molar-refractivity contribution < 1.29 is 0 Å². The van der Waals surface area contributed by atoms with Crippen molar-refractivity contribution >= 4 is 0 Å². The van der Waals surface area contributed by atoms with Crippen molar-refractivity contribution in [2.24, 2.45) is 5.73 Å². The van der Waals surface area contributed by atoms with Crippen molar-refractivity contribution in [2.45, 2.75) is 25.3 Å². The summed E-state index contributed by atoms with van der Waals surface area (Å²) in [6, 6.07) is 2.08. The van der Waals surface area contributed by atoms with Gasteiger partial charge in [0, 0.05) is 30.9 Å². The van der Waals surface area contributed by atoms with Crippen molar-refractivity contribution in [2.75, 3.05) is 6.54 Å². The summed E-state index contributed by atoms with van der Waals surface area (Å²) in [7, 11) is 0. The third kappa shape index (κ3) is 1.05. The van der Waals surface area contributed by atoms with Crippen molar-refractivity contribution in [1.29, 1.82) is 0 Å². The van der Waals surface area contributed by atoms with Gasteiger partial charge in [0.05, 0.1) is 0 Å². The first-order valence-corrected chi connectivity index (χ1v) is 4.13. The Bertz CT molecular complexity index is 241. The summed E-state index contributed by atoms with van der Waals surface area (Å²) < 4.78 is 2.07. The molecule has 0 saturated carbocycles. The summed E-state index contributed by atoms with van der Waals surface area (Å²) in [5.74, 6) is 0.547. The largest absolute Gasteiger partial charge is 0.330 e. The first-order chi connectivity index (χ1) is 5.42. The Morgan fingerprint density at radius 3 is 3.45 bits per heavy atom. The van der Waals surface area contributed by atoms with Gasteiger partial charge >= 0.3 is 0 Å². The number of aromatic nitrogens is 2. The maximum Gasteiger partial charge on any atom is 0.0492 e. The fraction of sp³-hybridized carbons (Fsp3) is 0.625. The molecule has 1 atom stereocenters. The molecule has 3 heteroatoms. The highest BCUT2D eigenvalue weighted by Crippen LogP contribution is 2.24. The van der Waals surface area contributed by atoms with Gasteiger partial charge in [0.2, 0.25) is 0 Å². The maximum absolute atomic E-state index is 5.64. The molecule has 2 N–H and O–H groups in total. The second-order valence-corrected chi connectivity index (χ2v) is 3.05. The van der Waals surface area contributed by atoms with Crippen LogP contribution in [0, 0.1) is 0 Å². The molecule has 1 aromatic heterocycles. The summed E-state index contributed by atoms with van der Waals surface area (Å²) in [4.78, 5) is 0. The van der Waals surface area contributed by atoms with Gasteiger partial charge in [-0.3, -0.25) is 4.68 Å². The minimum absolute atomic E-state index is 0.547. The van der Waals surface area contributed by atoms with Crippen LogP contribution in [-0.4, -0.2) is 16.3 Å². The average molecular weight is 151 g/mol. The molecule has 60 valence electrons. The summed E-state index contributed by atoms with van der Waals surface area (Å²) >= 11 is 0. The lowest BCUT2D eigenvalue weighted by Crippen LogP contribution is -2.21. The molecular formula is C8H13N3. The second kappa shape index (κ2) is 2.66. The van der Waals surface area contributed by atoms with E-state index in [-0.39, 0.29) is 0 Å². The van der Waals surface area contributed by atoms with Crippen LogP contribution in [0.4, 0.5) is 0 Å². The fourth-order valence-electron chi connectivity index (χ4n) is 1.75. The molecule has 1 aromatic rings. The van der Waals surface area contributed by atoms with Gasteiger partial charge in [-0.15, -0.1) is 0 Å². The summed E-state index contributed by atoms with van der Waals surface area (Å²) in [5, 5.41) is 4.22. The molecule has 0 fully saturated rings. The number of nitrogens with zero attached hydrogens (tertiary/aromatic N) is 2. The van der Waals surface area contributed by atoms with Gasteiger partial charge in [0.25, 0.3) is 0 Å². The molecule has 2 rings (SSSR count). The Labute approximate surface area is 66.2 Å². The summed E-state index contributed by atoms with van der Waals surface area (Å²) in [6.07, 6.45) is 4.31. The quantitative estimate of drug-likeness (QED) is 0.642. The van der Waals surface area contributed by atoms with Gasteiger partial charge in [0.1, 0.15) is 0 Å². The molecule has 0 amide bonds. The zero-order valence-electron chi connectivity index (χ0n) is 6.53. The van der Waals surface area contributed by atoms with Gasteiger partial charge in [-0.05, 0) is 18.9 Å². The highest BCUT2D eigenvalue weighted by Gasteiger charge is 2.18. The molecule has 0 bridgehead atoms. The molecule has 0 aromatic carbocycles. The van der Waals surface area contributed by atoms with Crippen LogP contribution in [0.3, 0.4) is 0 Å². The van der Waals surface area contributed by atoms with E-state index in [1.807, 2.05) is 6.20 Å². The molecule has 1 unspecified atom stereocenters. The Kier molecular flexibility index (Phi) is 1.66. The van der Waals surface area contributed by atoms with Crippen molar-refractivity contribution in [3.05, 3.63) is 18.0 Å². The third-order valence-electron chi connectivity index (χ3n) is 2.37. The van der Waals surface area contributed by atoms with E-state index in [1.165, 1.54) is 18.5 Å². The maximum atomic E-state index is 5.64. The van der Waals surface area contributed by atoms with E-state index in [9.17, 15) is 0 Å². The molecule has 2 heterocycles. The molecule has 1 aliphatic heterocycles. The normalized spacial score (nSPS) is 23.2. The van der Waals surface area contributed by atoms with Gasteiger partial charge in [0.15, 0.2) is 0 Å². The molecule has 0 radical (unpaired) electrons. The van der Waals surface area contributed by atoms with E-state index in [0.29, 0.717) is 5.92 Å². The minimum atomic E-state index is 0.547. The first kappa shape index (κ1) is 6.85. The predicted molar refractivity (Wildman–Crippen MR) is 43.3 cm³/mol. The van der Waals surface area contributed by atoms with Gasteiger partial charge in [-0.25, -0.2) is 0 Å². The summed E-state index contributed by atoms with van der Waals surface area (Å²) in [5.41, 5.74) is 6.95. The molecule has 1 aliphatic rings. The van der Waals surface area contributed by atoms with E-state index in [4.69, 9.17) is 5.73 Å². The van der Waals surface area contributed by atoms with Crippen LogP contribution in [0.25, 0.3) is 0 Å². The molecule has 0 aliphatic carbocycles. The highest BCUT2D eigenvalue weighted by atomic mass is 15.3. The number of aryl methyl sites for hydroxylation is 1. The van der Waals surface area contributed by atoms with E-state index >= 15 is 0 Å². The SMILES string of the molecule is NCC1CCCn2nccc21. The van der Waals surface area contributed by atoms with Crippen LogP contribution in [0.5, 0.6) is 0 Å². The van der Waals surface area contributed by atoms with Crippen LogP contribution >= 0.6 is 0 Å². The number of nitrogens with two attached hydrogens (primary N) is 1. The Balaban J connectivity index is 2.32. The van der Waals surface area contributed by atoms with Gasteiger partial charge in [-0.2, -0.15) is 5.10 Å². The smallest absolute Gasteiger partial charge is 0.0492 e. The lowest BCUT2D eigenvalue weighted by molar-refractivity contribution is 0.427.